The van der Waals surface area contributed by atoms with Gasteiger partial charge >= 0.3 is 5.97 Å². The Hall–Kier alpha value is -3.48. The molecule has 2 fully saturated rings. The topological polar surface area (TPSA) is 84.0 Å². The lowest BCUT2D eigenvalue weighted by atomic mass is 10.1. The number of likely N-dealkylation sites (tertiary alicyclic amines) is 1. The first kappa shape index (κ1) is 20.8. The standard InChI is InChI=1S/C24H24N2O5/c27-20-12-13-21(28)26(20)19-11-7-10-18(16-19)24(30)31-22(17-8-3-1-4-9-17)23(29)25-14-5-2-6-15-25/h1,3-4,7-11,16,22H,2,5-6,12-15H2/t22-/m0/s1. The van der Waals surface area contributed by atoms with Gasteiger partial charge in [0.1, 0.15) is 0 Å². The fourth-order valence-electron chi connectivity index (χ4n) is 3.98. The van der Waals surface area contributed by atoms with Gasteiger partial charge < -0.3 is 9.64 Å². The summed E-state index contributed by atoms with van der Waals surface area (Å²) in [5.41, 5.74) is 1.12. The van der Waals surface area contributed by atoms with E-state index in [0.717, 1.165) is 24.2 Å². The van der Waals surface area contributed by atoms with Crippen molar-refractivity contribution in [1.29, 1.82) is 0 Å². The molecule has 2 aliphatic heterocycles. The van der Waals surface area contributed by atoms with Gasteiger partial charge in [0, 0.05) is 31.5 Å². The molecule has 31 heavy (non-hydrogen) atoms. The third kappa shape index (κ3) is 4.50. The molecule has 2 aliphatic rings. The van der Waals surface area contributed by atoms with E-state index in [1.54, 1.807) is 47.4 Å². The number of hydrogen-bond acceptors (Lipinski definition) is 5. The van der Waals surface area contributed by atoms with Crippen molar-refractivity contribution in [1.82, 2.24) is 4.90 Å². The number of piperidine rings is 1. The van der Waals surface area contributed by atoms with E-state index in [-0.39, 0.29) is 36.1 Å². The van der Waals surface area contributed by atoms with Crippen LogP contribution in [0.15, 0.2) is 54.6 Å². The van der Waals surface area contributed by atoms with E-state index < -0.39 is 12.1 Å². The number of nitrogens with zero attached hydrogens (tertiary/aromatic N) is 2. The van der Waals surface area contributed by atoms with E-state index in [1.165, 1.54) is 6.07 Å². The molecule has 3 amide bonds. The van der Waals surface area contributed by atoms with Crippen LogP contribution in [0.4, 0.5) is 5.69 Å². The highest BCUT2D eigenvalue weighted by Crippen LogP contribution is 2.27. The van der Waals surface area contributed by atoms with Gasteiger partial charge in [-0.2, -0.15) is 0 Å². The maximum atomic E-state index is 13.2. The van der Waals surface area contributed by atoms with Gasteiger partial charge in [-0.25, -0.2) is 4.79 Å². The first-order chi connectivity index (χ1) is 15.0. The molecule has 160 valence electrons. The van der Waals surface area contributed by atoms with Gasteiger partial charge in [-0.1, -0.05) is 36.4 Å². The molecule has 2 heterocycles. The summed E-state index contributed by atoms with van der Waals surface area (Å²) >= 11 is 0. The molecule has 0 N–H and O–H groups in total. The average molecular weight is 420 g/mol. The Morgan fingerprint density at radius 2 is 1.52 bits per heavy atom. The smallest absolute Gasteiger partial charge is 0.339 e. The van der Waals surface area contributed by atoms with Crippen molar-refractivity contribution < 1.29 is 23.9 Å². The van der Waals surface area contributed by atoms with Gasteiger partial charge in [-0.15, -0.1) is 0 Å². The Morgan fingerprint density at radius 1 is 0.839 bits per heavy atom. The fraction of sp³-hybridized carbons (Fsp3) is 0.333. The van der Waals surface area contributed by atoms with Crippen molar-refractivity contribution in [2.24, 2.45) is 0 Å². The maximum Gasteiger partial charge on any atom is 0.339 e. The Kier molecular flexibility index (Phi) is 6.11. The number of anilines is 1. The summed E-state index contributed by atoms with van der Waals surface area (Å²) in [5, 5.41) is 0. The zero-order valence-electron chi connectivity index (χ0n) is 17.2. The first-order valence-corrected chi connectivity index (χ1v) is 10.5. The van der Waals surface area contributed by atoms with Crippen LogP contribution in [-0.2, 0) is 19.1 Å². The minimum Gasteiger partial charge on any atom is -0.444 e. The SMILES string of the molecule is O=C(O[C@H](C(=O)N1CCCCC1)c1ccccc1)c1cccc(N2C(=O)CCC2=O)c1. The quantitative estimate of drug-likeness (QED) is 0.548. The first-order valence-electron chi connectivity index (χ1n) is 10.5. The number of carbonyl (C=O) groups excluding carboxylic acids is 4. The lowest BCUT2D eigenvalue weighted by Gasteiger charge is -2.30. The van der Waals surface area contributed by atoms with Crippen LogP contribution in [-0.4, -0.2) is 41.7 Å². The summed E-state index contributed by atoms with van der Waals surface area (Å²) in [5.74, 6) is -1.50. The van der Waals surface area contributed by atoms with Crippen LogP contribution in [0, 0.1) is 0 Å². The molecule has 0 aromatic heterocycles. The van der Waals surface area contributed by atoms with Gasteiger partial charge in [-0.3, -0.25) is 19.3 Å². The second kappa shape index (κ2) is 9.12. The molecule has 7 heteroatoms. The number of hydrogen-bond donors (Lipinski definition) is 0. The van der Waals surface area contributed by atoms with Gasteiger partial charge in [0.05, 0.1) is 11.3 Å². The van der Waals surface area contributed by atoms with Crippen LogP contribution in [0.5, 0.6) is 0 Å². The molecule has 0 saturated carbocycles. The summed E-state index contributed by atoms with van der Waals surface area (Å²) in [4.78, 5) is 53.0. The van der Waals surface area contributed by atoms with E-state index in [1.807, 2.05) is 6.07 Å². The second-order valence-electron chi connectivity index (χ2n) is 7.76. The van der Waals surface area contributed by atoms with Crippen molar-refractivity contribution in [2.45, 2.75) is 38.2 Å². The number of ether oxygens (including phenoxy) is 1. The molecule has 0 bridgehead atoms. The fourth-order valence-corrected chi connectivity index (χ4v) is 3.98. The summed E-state index contributed by atoms with van der Waals surface area (Å²) in [6.07, 6.45) is 2.22. The molecular formula is C24H24N2O5. The molecule has 2 saturated heterocycles. The van der Waals surface area contributed by atoms with Gasteiger partial charge in [0.25, 0.3) is 5.91 Å². The highest BCUT2D eigenvalue weighted by atomic mass is 16.5. The third-order valence-corrected chi connectivity index (χ3v) is 5.61. The van der Waals surface area contributed by atoms with Crippen LogP contribution in [0.1, 0.15) is 54.1 Å². The predicted octanol–water partition coefficient (Wildman–Crippen LogP) is 3.25. The Balaban J connectivity index is 1.58. The second-order valence-corrected chi connectivity index (χ2v) is 7.76. The summed E-state index contributed by atoms with van der Waals surface area (Å²) in [6.45, 7) is 1.29. The molecule has 0 spiro atoms. The summed E-state index contributed by atoms with van der Waals surface area (Å²) in [7, 11) is 0. The molecule has 2 aromatic carbocycles. The van der Waals surface area contributed by atoms with E-state index in [9.17, 15) is 19.2 Å². The van der Waals surface area contributed by atoms with Crippen LogP contribution in [0.3, 0.4) is 0 Å². The summed E-state index contributed by atoms with van der Waals surface area (Å²) < 4.78 is 5.69. The number of carbonyl (C=O) groups is 4. The summed E-state index contributed by atoms with van der Waals surface area (Å²) in [6, 6.07) is 15.1. The highest BCUT2D eigenvalue weighted by Gasteiger charge is 2.32. The van der Waals surface area contributed by atoms with Crippen molar-refractivity contribution in [3.63, 3.8) is 0 Å². The predicted molar refractivity (Wildman–Crippen MR) is 113 cm³/mol. The van der Waals surface area contributed by atoms with Crippen molar-refractivity contribution in [2.75, 3.05) is 18.0 Å². The van der Waals surface area contributed by atoms with Crippen LogP contribution in [0.25, 0.3) is 0 Å². The van der Waals surface area contributed by atoms with E-state index in [0.29, 0.717) is 24.3 Å². The zero-order chi connectivity index (χ0) is 21.8. The highest BCUT2D eigenvalue weighted by molar-refractivity contribution is 6.20. The Labute approximate surface area is 180 Å². The lowest BCUT2D eigenvalue weighted by molar-refractivity contribution is -0.142. The largest absolute Gasteiger partial charge is 0.444 e. The van der Waals surface area contributed by atoms with Crippen molar-refractivity contribution in [3.05, 3.63) is 65.7 Å². The number of amides is 3. The minimum absolute atomic E-state index is 0.161. The average Bonchev–Trinajstić information content (AvgIpc) is 3.16. The Morgan fingerprint density at radius 3 is 2.19 bits per heavy atom. The lowest BCUT2D eigenvalue weighted by Crippen LogP contribution is -2.40. The molecule has 7 nitrogen and oxygen atoms in total. The van der Waals surface area contributed by atoms with E-state index in [2.05, 4.69) is 0 Å². The maximum absolute atomic E-state index is 13.2. The molecule has 2 aromatic rings. The minimum atomic E-state index is -1.05. The van der Waals surface area contributed by atoms with Gasteiger partial charge in [0.2, 0.25) is 17.9 Å². The molecule has 4 rings (SSSR count). The van der Waals surface area contributed by atoms with Crippen LogP contribution < -0.4 is 4.90 Å². The van der Waals surface area contributed by atoms with Gasteiger partial charge in [0.15, 0.2) is 0 Å². The molecule has 0 radical (unpaired) electrons. The van der Waals surface area contributed by atoms with Crippen LogP contribution in [0.2, 0.25) is 0 Å². The number of imide groups is 1. The van der Waals surface area contributed by atoms with Gasteiger partial charge in [-0.05, 0) is 37.5 Å². The normalized spacial score (nSPS) is 17.5. The molecule has 0 unspecified atom stereocenters. The van der Waals surface area contributed by atoms with E-state index >= 15 is 0 Å². The zero-order valence-corrected chi connectivity index (χ0v) is 17.2. The molecular weight excluding hydrogens is 396 g/mol. The molecule has 0 aliphatic carbocycles. The van der Waals surface area contributed by atoms with Crippen molar-refractivity contribution >= 4 is 29.4 Å². The van der Waals surface area contributed by atoms with Crippen molar-refractivity contribution in [3.8, 4) is 0 Å². The molecule has 1 atom stereocenters. The number of benzene rings is 2. The number of rotatable bonds is 5. The van der Waals surface area contributed by atoms with Crippen LogP contribution >= 0.6 is 0 Å². The van der Waals surface area contributed by atoms with E-state index in [4.69, 9.17) is 4.74 Å². The third-order valence-electron chi connectivity index (χ3n) is 5.61. The number of esters is 1. The monoisotopic (exact) mass is 420 g/mol. The Bertz CT molecular complexity index is 982.